The highest BCUT2D eigenvalue weighted by Crippen LogP contribution is 2.45. The first-order valence-corrected chi connectivity index (χ1v) is 40.5. The Labute approximate surface area is 556 Å². The summed E-state index contributed by atoms with van der Waals surface area (Å²) in [6.45, 7) is 9.44. The van der Waals surface area contributed by atoms with E-state index in [9.17, 15) is 43.2 Å². The Morgan fingerprint density at radius 1 is 0.297 bits per heavy atom. The zero-order chi connectivity index (χ0) is 67.2. The predicted octanol–water partition coefficient (Wildman–Crippen LogP) is 20.8. The number of unbranched alkanes of at least 4 members (excludes halogenated alkanes) is 41. The number of phosphoric ester groups is 2. The second kappa shape index (κ2) is 64.1. The van der Waals surface area contributed by atoms with Crippen LogP contribution in [0.4, 0.5) is 0 Å². The number of rotatable bonds is 71. The molecular weight excluding hydrogens is 1200 g/mol. The number of phosphoric acid groups is 2. The fourth-order valence-corrected chi connectivity index (χ4v) is 12.5. The highest BCUT2D eigenvalue weighted by Gasteiger charge is 2.30. The van der Waals surface area contributed by atoms with Crippen LogP contribution in [0.15, 0.2) is 0 Å². The van der Waals surface area contributed by atoms with Gasteiger partial charge in [0, 0.05) is 25.7 Å². The van der Waals surface area contributed by atoms with E-state index in [0.29, 0.717) is 37.5 Å². The summed E-state index contributed by atoms with van der Waals surface area (Å²) in [5.41, 5.74) is 0. The van der Waals surface area contributed by atoms with Crippen molar-refractivity contribution >= 4 is 39.5 Å². The van der Waals surface area contributed by atoms with Crippen LogP contribution in [0.1, 0.15) is 369 Å². The fraction of sp³-hybridized carbons (Fsp3) is 0.944. The van der Waals surface area contributed by atoms with E-state index in [-0.39, 0.29) is 25.7 Å². The second-order valence-corrected chi connectivity index (χ2v) is 29.8. The minimum Gasteiger partial charge on any atom is -0.462 e. The monoisotopic (exact) mass is 1340 g/mol. The lowest BCUT2D eigenvalue weighted by Crippen LogP contribution is -2.30. The van der Waals surface area contributed by atoms with Crippen LogP contribution in [0.5, 0.6) is 0 Å². The number of carbonyl (C=O) groups is 4. The molecule has 0 rings (SSSR count). The van der Waals surface area contributed by atoms with Gasteiger partial charge in [0.2, 0.25) is 0 Å². The number of hydrogen-bond donors (Lipinski definition) is 3. The van der Waals surface area contributed by atoms with Crippen LogP contribution >= 0.6 is 15.6 Å². The van der Waals surface area contributed by atoms with E-state index in [4.69, 9.17) is 37.0 Å². The Morgan fingerprint density at radius 3 is 0.747 bits per heavy atom. The van der Waals surface area contributed by atoms with Crippen LogP contribution in [0, 0.1) is 11.8 Å². The smallest absolute Gasteiger partial charge is 0.462 e. The number of ether oxygens (including phenoxy) is 4. The summed E-state index contributed by atoms with van der Waals surface area (Å²) in [5.74, 6) is -0.723. The highest BCUT2D eigenvalue weighted by molar-refractivity contribution is 7.47. The van der Waals surface area contributed by atoms with Crippen LogP contribution in [0.2, 0.25) is 0 Å². The van der Waals surface area contributed by atoms with Gasteiger partial charge in [-0.2, -0.15) is 0 Å². The molecule has 3 N–H and O–H groups in total. The number of carbonyl (C=O) groups excluding carboxylic acids is 4. The van der Waals surface area contributed by atoms with Gasteiger partial charge >= 0.3 is 39.5 Å². The molecule has 19 heteroatoms. The highest BCUT2D eigenvalue weighted by atomic mass is 31.2. The van der Waals surface area contributed by atoms with Crippen molar-refractivity contribution in [2.24, 2.45) is 11.8 Å². The van der Waals surface area contributed by atoms with Gasteiger partial charge < -0.3 is 33.8 Å². The van der Waals surface area contributed by atoms with Crippen molar-refractivity contribution in [1.82, 2.24) is 0 Å². The normalized spacial score (nSPS) is 14.1. The van der Waals surface area contributed by atoms with E-state index >= 15 is 0 Å². The predicted molar refractivity (Wildman–Crippen MR) is 368 cm³/mol. The summed E-state index contributed by atoms with van der Waals surface area (Å²) >= 11 is 0. The summed E-state index contributed by atoms with van der Waals surface area (Å²) in [6.07, 6.45) is 50.2. The van der Waals surface area contributed by atoms with Crippen LogP contribution in [0.25, 0.3) is 0 Å². The van der Waals surface area contributed by atoms with Crippen molar-refractivity contribution in [3.05, 3.63) is 0 Å². The van der Waals surface area contributed by atoms with E-state index in [1.165, 1.54) is 180 Å². The van der Waals surface area contributed by atoms with Gasteiger partial charge in [0.1, 0.15) is 19.3 Å². The van der Waals surface area contributed by atoms with Gasteiger partial charge in [0.15, 0.2) is 12.2 Å². The van der Waals surface area contributed by atoms with Gasteiger partial charge in [-0.3, -0.25) is 37.3 Å². The third kappa shape index (κ3) is 66.5. The molecule has 0 aromatic rings. The maximum Gasteiger partial charge on any atom is 0.472 e. The van der Waals surface area contributed by atoms with Crippen LogP contribution < -0.4 is 0 Å². The molecule has 0 radical (unpaired) electrons. The van der Waals surface area contributed by atoms with Gasteiger partial charge in [-0.05, 0) is 37.5 Å². The summed E-state index contributed by atoms with van der Waals surface area (Å²) in [4.78, 5) is 72.6. The van der Waals surface area contributed by atoms with Crippen molar-refractivity contribution in [2.45, 2.75) is 387 Å². The quantitative estimate of drug-likeness (QED) is 0.0222. The first-order chi connectivity index (χ1) is 43.9. The molecule has 0 aliphatic rings. The largest absolute Gasteiger partial charge is 0.472 e. The van der Waals surface area contributed by atoms with Crippen molar-refractivity contribution in [2.75, 3.05) is 39.6 Å². The average molecular weight is 1340 g/mol. The number of hydrogen-bond acceptors (Lipinski definition) is 15. The van der Waals surface area contributed by atoms with Gasteiger partial charge in [-0.1, -0.05) is 318 Å². The number of esters is 4. The zero-order valence-electron chi connectivity index (χ0n) is 59.1. The van der Waals surface area contributed by atoms with E-state index in [2.05, 4.69) is 41.5 Å². The van der Waals surface area contributed by atoms with Crippen molar-refractivity contribution in [3.8, 4) is 0 Å². The minimum atomic E-state index is -4.95. The zero-order valence-corrected chi connectivity index (χ0v) is 60.9. The molecule has 0 saturated heterocycles. The van der Waals surface area contributed by atoms with E-state index < -0.39 is 97.5 Å². The molecule has 5 atom stereocenters. The van der Waals surface area contributed by atoms with E-state index in [1.54, 1.807) is 0 Å². The van der Waals surface area contributed by atoms with Gasteiger partial charge in [0.25, 0.3) is 0 Å². The number of aliphatic hydroxyl groups is 1. The first-order valence-electron chi connectivity index (χ1n) is 37.5. The van der Waals surface area contributed by atoms with E-state index in [1.807, 2.05) is 0 Å². The Balaban J connectivity index is 5.22. The SMILES string of the molecule is CCCCCCCCCCCCCCCCCCCCC(=O)O[C@H](COC(=O)CCCCCCCCCCCCCCC)COP(=O)(O)OC[C@@H](O)COP(=O)(O)OC[C@@H](COC(=O)CCCCCCCCCC(C)C)OC(=O)CCCCCCCCCC(C)C. The third-order valence-corrected chi connectivity index (χ3v) is 18.6. The van der Waals surface area contributed by atoms with Crippen LogP contribution in [-0.2, 0) is 65.4 Å². The number of aliphatic hydroxyl groups excluding tert-OH is 1. The molecule has 0 amide bonds. The van der Waals surface area contributed by atoms with Crippen LogP contribution in [-0.4, -0.2) is 96.7 Å². The van der Waals surface area contributed by atoms with E-state index in [0.717, 1.165) is 96.3 Å². The van der Waals surface area contributed by atoms with Gasteiger partial charge in [-0.15, -0.1) is 0 Å². The molecule has 0 fully saturated rings. The first kappa shape index (κ1) is 89.1. The molecule has 0 heterocycles. The molecular formula is C72H140O17P2. The molecule has 0 spiro atoms. The van der Waals surface area contributed by atoms with Gasteiger partial charge in [-0.25, -0.2) is 9.13 Å². The Bertz CT molecular complexity index is 1770. The minimum absolute atomic E-state index is 0.103. The van der Waals surface area contributed by atoms with Gasteiger partial charge in [0.05, 0.1) is 26.4 Å². The lowest BCUT2D eigenvalue weighted by molar-refractivity contribution is -0.161. The Morgan fingerprint density at radius 2 is 0.505 bits per heavy atom. The fourth-order valence-electron chi connectivity index (χ4n) is 10.9. The molecule has 0 aromatic heterocycles. The lowest BCUT2D eigenvalue weighted by Gasteiger charge is -2.21. The molecule has 0 aliphatic heterocycles. The second-order valence-electron chi connectivity index (χ2n) is 26.9. The van der Waals surface area contributed by atoms with Crippen molar-refractivity contribution in [1.29, 1.82) is 0 Å². The summed E-state index contributed by atoms with van der Waals surface area (Å²) in [7, 11) is -9.90. The standard InChI is InChI=1S/C72H140O17P2/c1-7-9-11-13-15-17-19-21-22-23-24-25-27-29-31-37-44-50-56-71(76)88-67(60-82-69(74)54-48-42-36-30-28-26-20-18-16-14-12-10-8-2)62-86-90(78,79)84-58-66(73)59-85-91(80,81)87-63-68(89-72(77)57-51-45-39-33-35-41-47-53-65(5)6)61-83-70(75)55-49-43-38-32-34-40-46-52-64(3)4/h64-68,73H,7-63H2,1-6H3,(H,78,79)(H,80,81)/t66-,67-,68-/m1/s1. The maximum absolute atomic E-state index is 13.0. The summed E-state index contributed by atoms with van der Waals surface area (Å²) in [6, 6.07) is 0. The molecule has 540 valence electrons. The molecule has 0 aliphatic carbocycles. The molecule has 2 unspecified atom stereocenters. The molecule has 0 aromatic carbocycles. The maximum atomic E-state index is 13.0. The Hall–Kier alpha value is -1.94. The topological polar surface area (TPSA) is 237 Å². The van der Waals surface area contributed by atoms with Crippen molar-refractivity contribution in [3.63, 3.8) is 0 Å². The lowest BCUT2D eigenvalue weighted by atomic mass is 10.0. The summed E-state index contributed by atoms with van der Waals surface area (Å²) < 4.78 is 68.3. The Kier molecular flexibility index (Phi) is 62.7. The van der Waals surface area contributed by atoms with Crippen molar-refractivity contribution < 1.29 is 80.2 Å². The molecule has 0 saturated carbocycles. The molecule has 0 bridgehead atoms. The third-order valence-electron chi connectivity index (χ3n) is 16.7. The molecule has 17 nitrogen and oxygen atoms in total. The average Bonchev–Trinajstić information content (AvgIpc) is 3.66. The summed E-state index contributed by atoms with van der Waals surface area (Å²) in [5, 5.41) is 10.6. The van der Waals surface area contributed by atoms with Crippen LogP contribution in [0.3, 0.4) is 0 Å². The molecule has 91 heavy (non-hydrogen) atoms.